The molecule has 2 amide bonds. The van der Waals surface area contributed by atoms with Crippen molar-refractivity contribution in [3.8, 4) is 0 Å². The molecule has 0 unspecified atom stereocenters. The molecule has 0 spiro atoms. The van der Waals surface area contributed by atoms with Crippen LogP contribution in [0.4, 0.5) is 10.5 Å². The molecule has 0 saturated carbocycles. The molecule has 0 bridgehead atoms. The molecule has 1 aromatic carbocycles. The van der Waals surface area contributed by atoms with E-state index in [1.807, 2.05) is 34.5 Å². The molecule has 0 aliphatic rings. The van der Waals surface area contributed by atoms with E-state index in [1.165, 1.54) is 5.56 Å². The second-order valence-electron chi connectivity index (χ2n) is 6.65. The van der Waals surface area contributed by atoms with E-state index in [0.29, 0.717) is 13.1 Å². The Labute approximate surface area is 147 Å². The smallest absolute Gasteiger partial charge is 0.321 e. The molecule has 24 heavy (non-hydrogen) atoms. The minimum absolute atomic E-state index is 0.122. The Morgan fingerprint density at radius 2 is 2.00 bits per heavy atom. The zero-order valence-corrected chi connectivity index (χ0v) is 15.5. The number of carbonyl (C=O) groups excluding carboxylic acids is 1. The van der Waals surface area contributed by atoms with E-state index in [4.69, 9.17) is 0 Å². The van der Waals surface area contributed by atoms with Gasteiger partial charge in [-0.2, -0.15) is 11.8 Å². The third-order valence-corrected chi connectivity index (χ3v) is 4.70. The van der Waals surface area contributed by atoms with Crippen LogP contribution in [0.1, 0.15) is 26.3 Å². The monoisotopic (exact) mass is 347 g/mol. The second-order valence-corrected chi connectivity index (χ2v) is 8.45. The van der Waals surface area contributed by atoms with Gasteiger partial charge in [0.2, 0.25) is 0 Å². The van der Waals surface area contributed by atoms with E-state index in [9.17, 15) is 4.79 Å². The molecule has 0 radical (unpaired) electrons. The lowest BCUT2D eigenvalue weighted by Crippen LogP contribution is -2.33. The van der Waals surface area contributed by atoms with Gasteiger partial charge in [-0.3, -0.25) is 0 Å². The molecule has 0 fully saturated rings. The number of anilines is 1. The first-order valence-corrected chi connectivity index (χ1v) is 8.89. The summed E-state index contributed by atoms with van der Waals surface area (Å²) < 4.78 is 2.07. The van der Waals surface area contributed by atoms with Crippen molar-refractivity contribution in [3.63, 3.8) is 0 Å². The van der Waals surface area contributed by atoms with Crippen LogP contribution in [-0.4, -0.2) is 44.0 Å². The van der Waals surface area contributed by atoms with Gasteiger partial charge in [0.15, 0.2) is 0 Å². The fourth-order valence-electron chi connectivity index (χ4n) is 1.96. The largest absolute Gasteiger partial charge is 0.326 e. The topological polar surface area (TPSA) is 63.1 Å². The Balaban J connectivity index is 1.86. The summed E-state index contributed by atoms with van der Waals surface area (Å²) in [5, 5.41) is 10.4. The molecule has 2 aromatic rings. The van der Waals surface area contributed by atoms with E-state index in [1.54, 1.807) is 24.6 Å². The second kappa shape index (κ2) is 8.19. The average Bonchev–Trinajstić information content (AvgIpc) is 3.03. The van der Waals surface area contributed by atoms with Crippen molar-refractivity contribution in [2.75, 3.05) is 18.9 Å². The van der Waals surface area contributed by atoms with E-state index in [0.717, 1.165) is 11.4 Å². The molecular weight excluding hydrogens is 322 g/mol. The molecule has 2 rings (SSSR count). The van der Waals surface area contributed by atoms with Crippen LogP contribution in [0.5, 0.6) is 0 Å². The fourth-order valence-corrected chi connectivity index (χ4v) is 2.74. The summed E-state index contributed by atoms with van der Waals surface area (Å²) >= 11 is 1.89. The molecule has 6 nitrogen and oxygen atoms in total. The number of rotatable bonds is 6. The number of thioether (sulfide) groups is 1. The van der Waals surface area contributed by atoms with Gasteiger partial charge in [-0.05, 0) is 17.7 Å². The standard InChI is InChI=1S/C17H25N5OS/c1-17(2,3)24-11-14-6-5-7-15(10-14)20-16(23)21(4)8-9-22-12-18-19-13-22/h5-7,10,12-13H,8-9,11H2,1-4H3,(H,20,23). The zero-order valence-electron chi connectivity index (χ0n) is 14.7. The molecule has 0 aliphatic heterocycles. The first-order chi connectivity index (χ1) is 11.3. The van der Waals surface area contributed by atoms with Crippen LogP contribution >= 0.6 is 11.8 Å². The van der Waals surface area contributed by atoms with E-state index < -0.39 is 0 Å². The normalized spacial score (nSPS) is 11.3. The summed E-state index contributed by atoms with van der Waals surface area (Å²) in [5.41, 5.74) is 2.03. The summed E-state index contributed by atoms with van der Waals surface area (Å²) in [6.45, 7) is 7.86. The molecule has 1 aromatic heterocycles. The van der Waals surface area contributed by atoms with Crippen molar-refractivity contribution < 1.29 is 4.79 Å². The van der Waals surface area contributed by atoms with Crippen LogP contribution in [0.2, 0.25) is 0 Å². The number of hydrogen-bond acceptors (Lipinski definition) is 4. The third-order valence-electron chi connectivity index (χ3n) is 3.36. The third kappa shape index (κ3) is 6.23. The Bertz CT molecular complexity index is 651. The predicted molar refractivity (Wildman–Crippen MR) is 99.2 cm³/mol. The quantitative estimate of drug-likeness (QED) is 0.869. The Hall–Kier alpha value is -2.02. The van der Waals surface area contributed by atoms with Crippen molar-refractivity contribution in [1.82, 2.24) is 19.7 Å². The summed E-state index contributed by atoms with van der Waals surface area (Å²) in [7, 11) is 1.78. The van der Waals surface area contributed by atoms with Crippen molar-refractivity contribution in [2.45, 2.75) is 37.8 Å². The molecular formula is C17H25N5OS. The molecule has 1 heterocycles. The van der Waals surface area contributed by atoms with E-state index in [2.05, 4.69) is 42.4 Å². The highest BCUT2D eigenvalue weighted by Crippen LogP contribution is 2.27. The number of nitrogens with one attached hydrogen (secondary N) is 1. The van der Waals surface area contributed by atoms with Crippen LogP contribution in [0.3, 0.4) is 0 Å². The van der Waals surface area contributed by atoms with Gasteiger partial charge in [0.25, 0.3) is 0 Å². The maximum Gasteiger partial charge on any atom is 0.321 e. The lowest BCUT2D eigenvalue weighted by Gasteiger charge is -2.19. The van der Waals surface area contributed by atoms with E-state index >= 15 is 0 Å². The van der Waals surface area contributed by atoms with Gasteiger partial charge >= 0.3 is 6.03 Å². The SMILES string of the molecule is CN(CCn1cnnc1)C(=O)Nc1cccc(CSC(C)(C)C)c1. The molecule has 130 valence electrons. The first kappa shape index (κ1) is 18.3. The zero-order chi connectivity index (χ0) is 17.6. The van der Waals surface area contributed by atoms with Gasteiger partial charge in [-0.15, -0.1) is 10.2 Å². The van der Waals surface area contributed by atoms with Gasteiger partial charge in [-0.25, -0.2) is 4.79 Å². The van der Waals surface area contributed by atoms with Crippen LogP contribution < -0.4 is 5.32 Å². The predicted octanol–water partition coefficient (Wildman–Crippen LogP) is 3.47. The lowest BCUT2D eigenvalue weighted by atomic mass is 10.2. The van der Waals surface area contributed by atoms with Crippen LogP contribution in [0.15, 0.2) is 36.9 Å². The summed E-state index contributed by atoms with van der Waals surface area (Å²) in [4.78, 5) is 13.9. The van der Waals surface area contributed by atoms with E-state index in [-0.39, 0.29) is 10.8 Å². The maximum absolute atomic E-state index is 12.3. The summed E-state index contributed by atoms with van der Waals surface area (Å²) in [6, 6.07) is 7.89. The van der Waals surface area contributed by atoms with Gasteiger partial charge in [-0.1, -0.05) is 32.9 Å². The van der Waals surface area contributed by atoms with Crippen molar-refractivity contribution in [3.05, 3.63) is 42.5 Å². The van der Waals surface area contributed by atoms with Crippen LogP contribution in [-0.2, 0) is 12.3 Å². The van der Waals surface area contributed by atoms with Gasteiger partial charge in [0.05, 0.1) is 0 Å². The highest BCUT2D eigenvalue weighted by atomic mass is 32.2. The lowest BCUT2D eigenvalue weighted by molar-refractivity contribution is 0.220. The minimum Gasteiger partial charge on any atom is -0.326 e. The minimum atomic E-state index is -0.122. The average molecular weight is 347 g/mol. The molecule has 0 saturated heterocycles. The fraction of sp³-hybridized carbons (Fsp3) is 0.471. The van der Waals surface area contributed by atoms with Gasteiger partial charge in [0, 0.05) is 36.3 Å². The highest BCUT2D eigenvalue weighted by molar-refractivity contribution is 7.99. The molecule has 0 aliphatic carbocycles. The molecule has 7 heteroatoms. The molecule has 1 N–H and O–H groups in total. The number of urea groups is 1. The summed E-state index contributed by atoms with van der Waals surface area (Å²) in [5.74, 6) is 0.927. The maximum atomic E-state index is 12.3. The number of carbonyl (C=O) groups is 1. The number of amides is 2. The number of nitrogens with zero attached hydrogens (tertiary/aromatic N) is 4. The van der Waals surface area contributed by atoms with Crippen molar-refractivity contribution in [2.24, 2.45) is 0 Å². The van der Waals surface area contributed by atoms with Crippen molar-refractivity contribution >= 4 is 23.5 Å². The van der Waals surface area contributed by atoms with Gasteiger partial charge in [0.1, 0.15) is 12.7 Å². The molecule has 0 atom stereocenters. The Morgan fingerprint density at radius 1 is 1.29 bits per heavy atom. The summed E-state index contributed by atoms with van der Waals surface area (Å²) in [6.07, 6.45) is 3.28. The van der Waals surface area contributed by atoms with Crippen molar-refractivity contribution in [1.29, 1.82) is 0 Å². The highest BCUT2D eigenvalue weighted by Gasteiger charge is 2.12. The van der Waals surface area contributed by atoms with Gasteiger partial charge < -0.3 is 14.8 Å². The Morgan fingerprint density at radius 3 is 2.67 bits per heavy atom. The number of aromatic nitrogens is 3. The van der Waals surface area contributed by atoms with Crippen LogP contribution in [0.25, 0.3) is 0 Å². The number of hydrogen-bond donors (Lipinski definition) is 1. The number of likely N-dealkylation sites (N-methyl/N-ethyl adjacent to an activating group) is 1. The Kier molecular flexibility index (Phi) is 6.25. The first-order valence-electron chi connectivity index (χ1n) is 7.91. The number of benzene rings is 1. The van der Waals surface area contributed by atoms with Crippen LogP contribution in [0, 0.1) is 0 Å².